The van der Waals surface area contributed by atoms with Gasteiger partial charge in [-0.2, -0.15) is 0 Å². The van der Waals surface area contributed by atoms with E-state index in [4.69, 9.17) is 14.2 Å². The van der Waals surface area contributed by atoms with E-state index >= 15 is 0 Å². The smallest absolute Gasteiger partial charge is 1.00 e. The Morgan fingerprint density at radius 2 is 1.81 bits per heavy atom. The Balaban J connectivity index is 0. The fourth-order valence-corrected chi connectivity index (χ4v) is 3.30. The third-order valence-electron chi connectivity index (χ3n) is 2.68. The third-order valence-corrected chi connectivity index (χ3v) is 4.86. The Hall–Kier alpha value is -0.203. The molecule has 4 nitrogen and oxygen atoms in total. The molecule has 0 aliphatic heterocycles. The molecular weight excluding hydrogens is 350 g/mol. The number of benzene rings is 1. The summed E-state index contributed by atoms with van der Waals surface area (Å²) in [4.78, 5) is 12.5. The second-order valence-corrected chi connectivity index (χ2v) is 6.68. The van der Waals surface area contributed by atoms with Gasteiger partial charge in [0.25, 0.3) is 0 Å². The van der Waals surface area contributed by atoms with Crippen LogP contribution in [0.3, 0.4) is 0 Å². The Bertz CT molecular complexity index is 500. The summed E-state index contributed by atoms with van der Waals surface area (Å²) in [5, 5.41) is 0. The van der Waals surface area contributed by atoms with Gasteiger partial charge in [-0.15, -0.1) is 0 Å². The van der Waals surface area contributed by atoms with Crippen LogP contribution < -0.4 is 33.1 Å². The van der Waals surface area contributed by atoms with Crippen molar-refractivity contribution in [2.45, 2.75) is 13.8 Å². The number of carbonyl (C=O) groups excluding carboxylic acids is 1. The molecule has 0 fully saturated rings. The molecule has 0 amide bonds. The van der Waals surface area contributed by atoms with Crippen molar-refractivity contribution in [2.75, 3.05) is 27.5 Å². The topological polar surface area (TPSA) is 44.8 Å². The number of hydrogen-bond donors (Lipinski definition) is 0. The SMILES string of the molecule is COc1cc(Br)c(OC)c(C(=O)PCC(C)C)c1OC.[H-].[Li+]. The van der Waals surface area contributed by atoms with Crippen molar-refractivity contribution < 1.29 is 39.3 Å². The molecule has 0 saturated heterocycles. The zero-order valence-electron chi connectivity index (χ0n) is 14.4. The maximum Gasteiger partial charge on any atom is 1.00 e. The molecular formula is C14H21BrLiO4P. The number of carbonyl (C=O) groups is 1. The summed E-state index contributed by atoms with van der Waals surface area (Å²) in [6.45, 7) is 4.19. The van der Waals surface area contributed by atoms with Crippen molar-refractivity contribution >= 4 is 30.0 Å². The number of rotatable bonds is 7. The molecule has 1 aromatic rings. The van der Waals surface area contributed by atoms with Crippen LogP contribution in [0.5, 0.6) is 17.2 Å². The maximum absolute atomic E-state index is 12.5. The third kappa shape index (κ3) is 5.18. The van der Waals surface area contributed by atoms with E-state index < -0.39 is 0 Å². The summed E-state index contributed by atoms with van der Waals surface area (Å²) in [5.41, 5.74) is 0.465. The first kappa shape index (κ1) is 20.8. The molecule has 114 valence electrons. The van der Waals surface area contributed by atoms with Crippen molar-refractivity contribution in [1.82, 2.24) is 0 Å². The van der Waals surface area contributed by atoms with E-state index in [2.05, 4.69) is 29.8 Å². The average molecular weight is 371 g/mol. The summed E-state index contributed by atoms with van der Waals surface area (Å²) in [7, 11) is 4.78. The van der Waals surface area contributed by atoms with Crippen molar-refractivity contribution in [1.29, 1.82) is 0 Å². The number of halogens is 1. The van der Waals surface area contributed by atoms with Gasteiger partial charge in [-0.1, -0.05) is 13.8 Å². The van der Waals surface area contributed by atoms with Crippen LogP contribution in [0.25, 0.3) is 0 Å². The van der Waals surface area contributed by atoms with Crippen molar-refractivity contribution in [3.05, 3.63) is 16.1 Å². The van der Waals surface area contributed by atoms with E-state index in [0.29, 0.717) is 33.2 Å². The van der Waals surface area contributed by atoms with Gasteiger partial charge >= 0.3 is 18.9 Å². The van der Waals surface area contributed by atoms with E-state index in [-0.39, 0.29) is 34.4 Å². The van der Waals surface area contributed by atoms with Crippen molar-refractivity contribution in [3.8, 4) is 17.2 Å². The molecule has 21 heavy (non-hydrogen) atoms. The first-order valence-electron chi connectivity index (χ1n) is 6.22. The molecule has 1 aromatic carbocycles. The Morgan fingerprint density at radius 3 is 2.24 bits per heavy atom. The molecule has 0 aliphatic carbocycles. The van der Waals surface area contributed by atoms with Crippen molar-refractivity contribution in [3.63, 3.8) is 0 Å². The van der Waals surface area contributed by atoms with Gasteiger partial charge in [0.05, 0.1) is 25.8 Å². The van der Waals surface area contributed by atoms with Gasteiger partial charge in [0.15, 0.2) is 17.0 Å². The average Bonchev–Trinajstić information content (AvgIpc) is 2.43. The molecule has 0 N–H and O–H groups in total. The minimum absolute atomic E-state index is 0. The van der Waals surface area contributed by atoms with Crippen LogP contribution in [0, 0.1) is 5.92 Å². The van der Waals surface area contributed by atoms with Crippen LogP contribution in [0.15, 0.2) is 10.5 Å². The van der Waals surface area contributed by atoms with E-state index in [1.165, 1.54) is 14.2 Å². The molecule has 0 bridgehead atoms. The van der Waals surface area contributed by atoms with Crippen LogP contribution in [0.1, 0.15) is 25.6 Å². The molecule has 1 atom stereocenters. The van der Waals surface area contributed by atoms with Crippen LogP contribution in [0.2, 0.25) is 0 Å². The predicted molar refractivity (Wildman–Crippen MR) is 87.3 cm³/mol. The largest absolute Gasteiger partial charge is 1.00 e. The zero-order valence-corrected chi connectivity index (χ0v) is 16.0. The molecule has 0 radical (unpaired) electrons. The number of ether oxygens (including phenoxy) is 3. The minimum atomic E-state index is 0. The molecule has 0 spiro atoms. The van der Waals surface area contributed by atoms with Gasteiger partial charge < -0.3 is 15.6 Å². The quantitative estimate of drug-likeness (QED) is 0.532. The first-order chi connectivity index (χ1) is 9.46. The van der Waals surface area contributed by atoms with E-state index in [0.717, 1.165) is 6.16 Å². The van der Waals surface area contributed by atoms with Gasteiger partial charge in [0.1, 0.15) is 11.3 Å². The summed E-state index contributed by atoms with van der Waals surface area (Å²) >= 11 is 3.40. The predicted octanol–water partition coefficient (Wildman–Crippen LogP) is 1.07. The molecule has 0 heterocycles. The Labute approximate surface area is 149 Å². The Morgan fingerprint density at radius 1 is 1.24 bits per heavy atom. The van der Waals surface area contributed by atoms with E-state index in [1.807, 2.05) is 0 Å². The van der Waals surface area contributed by atoms with Crippen LogP contribution in [0.4, 0.5) is 0 Å². The first-order valence-corrected chi connectivity index (χ1v) is 8.22. The fourth-order valence-electron chi connectivity index (χ4n) is 1.74. The molecule has 0 aliphatic rings. The fraction of sp³-hybridized carbons (Fsp3) is 0.500. The van der Waals surface area contributed by atoms with Gasteiger partial charge in [0.2, 0.25) is 0 Å². The standard InChI is InChI=1S/C14H20BrO4P.Li.H/c1-8(2)7-20-14(16)11-12(18-4)9(15)6-10(17-3)13(11)19-5;;/h6,8,20H,7H2,1-5H3;;/q;+1;-1. The monoisotopic (exact) mass is 370 g/mol. The second-order valence-electron chi connectivity index (χ2n) is 4.61. The molecule has 1 rings (SSSR count). The second kappa shape index (κ2) is 9.74. The normalized spacial score (nSPS) is 10.6. The van der Waals surface area contributed by atoms with Gasteiger partial charge in [-0.05, 0) is 36.6 Å². The van der Waals surface area contributed by atoms with Crippen LogP contribution >= 0.6 is 24.5 Å². The van der Waals surface area contributed by atoms with Crippen LogP contribution in [-0.2, 0) is 0 Å². The maximum atomic E-state index is 12.5. The van der Waals surface area contributed by atoms with Gasteiger partial charge in [-0.25, -0.2) is 0 Å². The molecule has 0 aromatic heterocycles. The summed E-state index contributed by atoms with van der Waals surface area (Å²) in [5.74, 6) is 1.90. The minimum Gasteiger partial charge on any atom is -1.00 e. The number of hydrogen-bond acceptors (Lipinski definition) is 4. The molecule has 0 saturated carbocycles. The van der Waals surface area contributed by atoms with E-state index in [9.17, 15) is 4.79 Å². The van der Waals surface area contributed by atoms with Crippen LogP contribution in [-0.4, -0.2) is 33.0 Å². The number of methoxy groups -OCH3 is 3. The molecule has 1 unspecified atom stereocenters. The van der Waals surface area contributed by atoms with Gasteiger partial charge in [-0.3, -0.25) is 4.79 Å². The zero-order chi connectivity index (χ0) is 15.3. The van der Waals surface area contributed by atoms with Crippen molar-refractivity contribution in [2.24, 2.45) is 5.92 Å². The van der Waals surface area contributed by atoms with Gasteiger partial charge in [0, 0.05) is 6.07 Å². The summed E-state index contributed by atoms with van der Waals surface area (Å²) < 4.78 is 16.6. The summed E-state index contributed by atoms with van der Waals surface area (Å²) in [6, 6.07) is 1.74. The van der Waals surface area contributed by atoms with E-state index in [1.54, 1.807) is 13.2 Å². The molecule has 7 heteroatoms. The Kier molecular flexibility index (Phi) is 9.65. The summed E-state index contributed by atoms with van der Waals surface area (Å²) in [6.07, 6.45) is 0.847.